The maximum atomic E-state index is 5.55. The molecule has 0 spiro atoms. The lowest BCUT2D eigenvalue weighted by Crippen LogP contribution is -2.15. The molecule has 4 heteroatoms. The number of hydrogen-bond donors (Lipinski definition) is 0. The topological polar surface area (TPSA) is 35.6 Å². The highest BCUT2D eigenvalue weighted by atomic mass is 15.0. The van der Waals surface area contributed by atoms with Crippen molar-refractivity contribution >= 4 is 65.3 Å². The molecule has 0 bridgehead atoms. The molecular weight excluding hydrogens is 885 g/mol. The van der Waals surface area contributed by atoms with Crippen molar-refractivity contribution in [2.24, 2.45) is 0 Å². The molecule has 0 atom stereocenters. The Morgan fingerprint density at radius 3 is 1.71 bits per heavy atom. The summed E-state index contributed by atoms with van der Waals surface area (Å²) in [5.74, 6) is 0.716. The molecule has 1 aliphatic carbocycles. The van der Waals surface area contributed by atoms with Crippen LogP contribution in [0.25, 0.3) is 133 Å². The van der Waals surface area contributed by atoms with Gasteiger partial charge in [0.05, 0.1) is 33.3 Å². The van der Waals surface area contributed by atoms with E-state index >= 15 is 0 Å². The fourth-order valence-electron chi connectivity index (χ4n) is 12.2. The van der Waals surface area contributed by atoms with Gasteiger partial charge in [-0.05, 0) is 116 Å². The molecule has 0 N–H and O–H groups in total. The lowest BCUT2D eigenvalue weighted by molar-refractivity contribution is 0.660. The van der Waals surface area contributed by atoms with Gasteiger partial charge in [-0.1, -0.05) is 196 Å². The quantitative estimate of drug-likeness (QED) is 0.167. The lowest BCUT2D eigenvalue weighted by Gasteiger charge is -2.22. The molecule has 0 unspecified atom stereocenters. The molecule has 0 amide bonds. The molecule has 11 aromatic carbocycles. The molecule has 0 saturated heterocycles. The predicted octanol–water partition coefficient (Wildman–Crippen LogP) is 18.0. The van der Waals surface area contributed by atoms with Crippen LogP contribution in [0.1, 0.15) is 25.0 Å². The molecule has 14 aromatic rings. The smallest absolute Gasteiger partial charge is 0.160 e. The van der Waals surface area contributed by atoms with Gasteiger partial charge >= 0.3 is 0 Å². The number of rotatable bonds is 6. The first-order chi connectivity index (χ1) is 36.0. The molecule has 0 fully saturated rings. The van der Waals surface area contributed by atoms with Gasteiger partial charge in [-0.2, -0.15) is 0 Å². The Morgan fingerprint density at radius 1 is 0.315 bits per heavy atom. The van der Waals surface area contributed by atoms with Crippen molar-refractivity contribution in [3.05, 3.63) is 254 Å². The standard InChI is InChI=1S/C69H46N4/c1-69(2)59-28-16-14-25-51(59)52-36-34-47(38-60(52)69)68-70-61-37-35-49(39-57(61)67(71-68)46-32-30-44(31-33-46)43-18-6-3-7-19-43)73-62-29-17-15-26-53(62)56-40-58-64(42-63(56)73)72(48-22-10-5-11-23-48)65-41-55(45-20-8-4-9-21-45)50-24-12-13-27-54(50)66(58)65/h3-42H,1-2H3. The van der Waals surface area contributed by atoms with Gasteiger partial charge in [0.15, 0.2) is 5.82 Å². The first kappa shape index (κ1) is 41.4. The van der Waals surface area contributed by atoms with Crippen molar-refractivity contribution in [2.75, 3.05) is 0 Å². The van der Waals surface area contributed by atoms with Crippen LogP contribution in [0, 0.1) is 0 Å². The van der Waals surface area contributed by atoms with Crippen LogP contribution in [0.2, 0.25) is 0 Å². The monoisotopic (exact) mass is 930 g/mol. The second-order valence-corrected chi connectivity index (χ2v) is 20.1. The highest BCUT2D eigenvalue weighted by molar-refractivity contribution is 6.27. The fraction of sp³-hybridized carbons (Fsp3) is 0.0435. The molecule has 3 aromatic heterocycles. The van der Waals surface area contributed by atoms with Gasteiger partial charge in [0.2, 0.25) is 0 Å². The molecule has 15 rings (SSSR count). The highest BCUT2D eigenvalue weighted by Crippen LogP contribution is 2.50. The van der Waals surface area contributed by atoms with E-state index in [2.05, 4.69) is 266 Å². The van der Waals surface area contributed by atoms with Gasteiger partial charge in [-0.15, -0.1) is 0 Å². The number of benzene rings is 11. The zero-order chi connectivity index (χ0) is 48.4. The first-order valence-corrected chi connectivity index (χ1v) is 25.2. The minimum Gasteiger partial charge on any atom is -0.309 e. The Balaban J connectivity index is 0.976. The van der Waals surface area contributed by atoms with Crippen LogP contribution in [0.3, 0.4) is 0 Å². The van der Waals surface area contributed by atoms with E-state index in [0.29, 0.717) is 5.82 Å². The van der Waals surface area contributed by atoms with Crippen LogP contribution < -0.4 is 0 Å². The van der Waals surface area contributed by atoms with E-state index in [9.17, 15) is 0 Å². The second kappa shape index (κ2) is 15.8. The average Bonchev–Trinajstić information content (AvgIpc) is 4.08. The summed E-state index contributed by atoms with van der Waals surface area (Å²) in [5.41, 5.74) is 20.5. The summed E-state index contributed by atoms with van der Waals surface area (Å²) >= 11 is 0. The predicted molar refractivity (Wildman–Crippen MR) is 305 cm³/mol. The Labute approximate surface area is 422 Å². The minimum absolute atomic E-state index is 0.147. The normalized spacial score (nSPS) is 12.9. The van der Waals surface area contributed by atoms with Crippen molar-refractivity contribution in [1.29, 1.82) is 0 Å². The van der Waals surface area contributed by atoms with E-state index in [1.54, 1.807) is 0 Å². The zero-order valence-electron chi connectivity index (χ0n) is 40.4. The minimum atomic E-state index is -0.147. The summed E-state index contributed by atoms with van der Waals surface area (Å²) in [6.07, 6.45) is 0. The summed E-state index contributed by atoms with van der Waals surface area (Å²) in [6, 6.07) is 88.5. The van der Waals surface area contributed by atoms with E-state index in [4.69, 9.17) is 9.97 Å². The summed E-state index contributed by atoms with van der Waals surface area (Å²) in [7, 11) is 0. The maximum Gasteiger partial charge on any atom is 0.160 e. The molecule has 0 aliphatic heterocycles. The number of fused-ring (bicyclic) bond motifs is 12. The summed E-state index contributed by atoms with van der Waals surface area (Å²) in [6.45, 7) is 4.66. The summed E-state index contributed by atoms with van der Waals surface area (Å²) in [5, 5.41) is 8.37. The lowest BCUT2D eigenvalue weighted by atomic mass is 9.82. The number of nitrogens with zero attached hydrogens (tertiary/aromatic N) is 4. The molecule has 3 heterocycles. The molecular formula is C69H46N4. The largest absolute Gasteiger partial charge is 0.309 e. The number of para-hydroxylation sites is 2. The third-order valence-corrected chi connectivity index (χ3v) is 15.7. The van der Waals surface area contributed by atoms with Crippen molar-refractivity contribution in [2.45, 2.75) is 19.3 Å². The van der Waals surface area contributed by atoms with Gasteiger partial charge in [-0.3, -0.25) is 0 Å². The van der Waals surface area contributed by atoms with Gasteiger partial charge in [0.25, 0.3) is 0 Å². The van der Waals surface area contributed by atoms with E-state index < -0.39 is 0 Å². The molecule has 0 saturated carbocycles. The van der Waals surface area contributed by atoms with Crippen molar-refractivity contribution in [3.8, 4) is 67.4 Å². The van der Waals surface area contributed by atoms with Crippen molar-refractivity contribution in [1.82, 2.24) is 19.1 Å². The third-order valence-electron chi connectivity index (χ3n) is 15.7. The van der Waals surface area contributed by atoms with Crippen LogP contribution in [0.15, 0.2) is 243 Å². The van der Waals surface area contributed by atoms with Crippen LogP contribution in [0.5, 0.6) is 0 Å². The van der Waals surface area contributed by atoms with E-state index in [1.165, 1.54) is 76.8 Å². The molecule has 73 heavy (non-hydrogen) atoms. The van der Waals surface area contributed by atoms with Gasteiger partial charge in [0.1, 0.15) is 0 Å². The Bertz CT molecular complexity index is 4540. The number of aromatic nitrogens is 4. The third kappa shape index (κ3) is 6.27. The Kier molecular flexibility index (Phi) is 8.97. The van der Waals surface area contributed by atoms with Crippen LogP contribution >= 0.6 is 0 Å². The SMILES string of the molecule is CC1(C)c2ccccc2-c2ccc(-c3nc(-c4ccc(-c5ccccc5)cc4)c4cc(-n5c6ccccc6c6cc7c8c9ccccc9c(-c9ccccc9)cc8n(-c8ccccc8)c7cc65)ccc4n3)cc21. The van der Waals surface area contributed by atoms with Crippen LogP contribution in [0.4, 0.5) is 0 Å². The Hall–Kier alpha value is -9.38. The number of hydrogen-bond acceptors (Lipinski definition) is 2. The van der Waals surface area contributed by atoms with Gasteiger partial charge < -0.3 is 9.13 Å². The molecule has 1 aliphatic rings. The average molecular weight is 931 g/mol. The van der Waals surface area contributed by atoms with Crippen LogP contribution in [-0.2, 0) is 5.41 Å². The highest BCUT2D eigenvalue weighted by Gasteiger charge is 2.35. The van der Waals surface area contributed by atoms with Gasteiger partial charge in [-0.25, -0.2) is 9.97 Å². The van der Waals surface area contributed by atoms with E-state index in [-0.39, 0.29) is 5.41 Å². The zero-order valence-corrected chi connectivity index (χ0v) is 40.4. The van der Waals surface area contributed by atoms with Crippen LogP contribution in [-0.4, -0.2) is 19.1 Å². The second-order valence-electron chi connectivity index (χ2n) is 20.1. The summed E-state index contributed by atoms with van der Waals surface area (Å²) < 4.78 is 4.91. The molecule has 4 nitrogen and oxygen atoms in total. The molecule has 0 radical (unpaired) electrons. The van der Waals surface area contributed by atoms with Crippen molar-refractivity contribution < 1.29 is 0 Å². The van der Waals surface area contributed by atoms with E-state index in [0.717, 1.165) is 61.2 Å². The first-order valence-electron chi connectivity index (χ1n) is 25.2. The summed E-state index contributed by atoms with van der Waals surface area (Å²) in [4.78, 5) is 11.0. The fourth-order valence-corrected chi connectivity index (χ4v) is 12.2. The maximum absolute atomic E-state index is 5.55. The van der Waals surface area contributed by atoms with E-state index in [1.807, 2.05) is 0 Å². The Morgan fingerprint density at radius 2 is 0.918 bits per heavy atom. The van der Waals surface area contributed by atoms with Gasteiger partial charge in [0, 0.05) is 54.8 Å². The van der Waals surface area contributed by atoms with Crippen molar-refractivity contribution in [3.63, 3.8) is 0 Å². The molecule has 342 valence electrons.